The van der Waals surface area contributed by atoms with E-state index in [1.807, 2.05) is 36.4 Å². The van der Waals surface area contributed by atoms with Crippen molar-refractivity contribution in [2.24, 2.45) is 0 Å². The average molecular weight is 334 g/mol. The summed E-state index contributed by atoms with van der Waals surface area (Å²) in [6, 6.07) is 15.7. The summed E-state index contributed by atoms with van der Waals surface area (Å²) in [6.45, 7) is 0. The topological polar surface area (TPSA) is 62.8 Å². The van der Waals surface area contributed by atoms with Gasteiger partial charge in [-0.05, 0) is 30.3 Å². The number of nitrogens with zero attached hydrogens (tertiary/aromatic N) is 2. The first kappa shape index (κ1) is 15.1. The molecule has 2 aromatic carbocycles. The quantitative estimate of drug-likeness (QED) is 0.576. The molecule has 0 atom stereocenters. The van der Waals surface area contributed by atoms with Crippen molar-refractivity contribution in [1.29, 1.82) is 0 Å². The number of halogens is 1. The Hall–Kier alpha value is -3.41. The summed E-state index contributed by atoms with van der Waals surface area (Å²) >= 11 is 0. The van der Waals surface area contributed by atoms with Crippen LogP contribution in [0.3, 0.4) is 0 Å². The molecule has 124 valence electrons. The van der Waals surface area contributed by atoms with Crippen molar-refractivity contribution in [2.45, 2.75) is 0 Å². The van der Waals surface area contributed by atoms with Crippen LogP contribution in [0, 0.1) is 5.82 Å². The van der Waals surface area contributed by atoms with E-state index in [1.165, 1.54) is 12.1 Å². The van der Waals surface area contributed by atoms with Crippen LogP contribution in [-0.2, 0) is 0 Å². The number of anilines is 2. The van der Waals surface area contributed by atoms with Gasteiger partial charge < -0.3 is 15.0 Å². The van der Waals surface area contributed by atoms with Crippen LogP contribution in [0.15, 0.2) is 60.8 Å². The molecule has 2 aromatic heterocycles. The summed E-state index contributed by atoms with van der Waals surface area (Å²) in [7, 11) is 1.62. The van der Waals surface area contributed by atoms with Crippen LogP contribution in [0.5, 0.6) is 5.75 Å². The molecule has 0 bridgehead atoms. The third-order valence-electron chi connectivity index (χ3n) is 3.83. The molecule has 2 N–H and O–H groups in total. The first-order chi connectivity index (χ1) is 12.2. The number of aromatic amines is 1. The lowest BCUT2D eigenvalue weighted by atomic mass is 10.2. The van der Waals surface area contributed by atoms with Crippen LogP contribution in [0.2, 0.25) is 0 Å². The number of hydrogen-bond donors (Lipinski definition) is 2. The fourth-order valence-electron chi connectivity index (χ4n) is 2.64. The smallest absolute Gasteiger partial charge is 0.158 e. The van der Waals surface area contributed by atoms with Crippen LogP contribution < -0.4 is 10.1 Å². The monoisotopic (exact) mass is 334 g/mol. The highest BCUT2D eigenvalue weighted by molar-refractivity contribution is 5.90. The number of rotatable bonds is 4. The van der Waals surface area contributed by atoms with Gasteiger partial charge in [-0.1, -0.05) is 18.2 Å². The van der Waals surface area contributed by atoms with Crippen molar-refractivity contribution < 1.29 is 9.13 Å². The number of nitrogens with one attached hydrogen (secondary N) is 2. The van der Waals surface area contributed by atoms with Gasteiger partial charge in [-0.15, -0.1) is 0 Å². The maximum Gasteiger partial charge on any atom is 0.158 e. The van der Waals surface area contributed by atoms with Crippen molar-refractivity contribution in [3.05, 3.63) is 66.6 Å². The molecule has 6 heteroatoms. The van der Waals surface area contributed by atoms with Gasteiger partial charge in [0, 0.05) is 23.5 Å². The lowest BCUT2D eigenvalue weighted by Gasteiger charge is -2.07. The van der Waals surface area contributed by atoms with Crippen molar-refractivity contribution in [3.8, 4) is 17.1 Å². The highest BCUT2D eigenvalue weighted by Gasteiger charge is 2.11. The number of imidazole rings is 1. The van der Waals surface area contributed by atoms with Crippen molar-refractivity contribution in [2.75, 3.05) is 12.4 Å². The van der Waals surface area contributed by atoms with E-state index in [0.29, 0.717) is 22.7 Å². The fourth-order valence-corrected chi connectivity index (χ4v) is 2.64. The number of ether oxygens (including phenoxy) is 1. The predicted octanol–water partition coefficient (Wildman–Crippen LogP) is 4.52. The van der Waals surface area contributed by atoms with Gasteiger partial charge in [0.2, 0.25) is 0 Å². The molecule has 0 aliphatic carbocycles. The van der Waals surface area contributed by atoms with Crippen LogP contribution in [-0.4, -0.2) is 22.1 Å². The number of pyridine rings is 1. The molecule has 0 spiro atoms. The summed E-state index contributed by atoms with van der Waals surface area (Å²) in [6.07, 6.45) is 1.69. The number of fused-ring (bicyclic) bond motifs is 1. The first-order valence-corrected chi connectivity index (χ1v) is 7.75. The second-order valence-electron chi connectivity index (χ2n) is 5.51. The molecular weight excluding hydrogens is 319 g/mol. The van der Waals surface area contributed by atoms with Gasteiger partial charge in [-0.25, -0.2) is 14.4 Å². The zero-order valence-corrected chi connectivity index (χ0v) is 13.5. The summed E-state index contributed by atoms with van der Waals surface area (Å²) in [4.78, 5) is 12.2. The molecule has 25 heavy (non-hydrogen) atoms. The van der Waals surface area contributed by atoms with Crippen molar-refractivity contribution in [3.63, 3.8) is 0 Å². The highest BCUT2D eigenvalue weighted by atomic mass is 19.1. The molecular formula is C19H15FN4O. The lowest BCUT2D eigenvalue weighted by Crippen LogP contribution is -1.95. The maximum atomic E-state index is 13.5. The molecule has 0 saturated carbocycles. The van der Waals surface area contributed by atoms with E-state index in [0.717, 1.165) is 17.0 Å². The Kier molecular flexibility index (Phi) is 3.78. The standard InChI is InChI=1S/C19H15FN4O/c1-25-15-7-3-6-14(11-15)22-19-17-16(8-9-21-19)23-18(24-17)12-4-2-5-13(20)10-12/h2-11H,1H3,(H,21,22)(H,23,24). The number of H-pyrrole nitrogens is 1. The van der Waals surface area contributed by atoms with E-state index in [4.69, 9.17) is 4.74 Å². The molecule has 0 fully saturated rings. The SMILES string of the molecule is COc1cccc(Nc2nccc3[nH]c(-c4cccc(F)c4)nc23)c1. The van der Waals surface area contributed by atoms with Crippen molar-refractivity contribution in [1.82, 2.24) is 15.0 Å². The fraction of sp³-hybridized carbons (Fsp3) is 0.0526. The second-order valence-corrected chi connectivity index (χ2v) is 5.51. The molecule has 0 saturated heterocycles. The first-order valence-electron chi connectivity index (χ1n) is 7.75. The number of benzene rings is 2. The Bertz CT molecular complexity index is 1040. The van der Waals surface area contributed by atoms with Gasteiger partial charge in [0.05, 0.1) is 12.6 Å². The molecule has 4 aromatic rings. The van der Waals surface area contributed by atoms with E-state index in [2.05, 4.69) is 20.3 Å². The van der Waals surface area contributed by atoms with E-state index >= 15 is 0 Å². The minimum absolute atomic E-state index is 0.300. The Morgan fingerprint density at radius 1 is 1.08 bits per heavy atom. The van der Waals surface area contributed by atoms with Gasteiger partial charge in [0.15, 0.2) is 5.82 Å². The lowest BCUT2D eigenvalue weighted by molar-refractivity contribution is 0.415. The molecule has 2 heterocycles. The number of aromatic nitrogens is 3. The molecule has 0 amide bonds. The average Bonchev–Trinajstić information content (AvgIpc) is 3.07. The van der Waals surface area contributed by atoms with Gasteiger partial charge in [0.25, 0.3) is 0 Å². The molecule has 4 rings (SSSR count). The van der Waals surface area contributed by atoms with Crippen LogP contribution >= 0.6 is 0 Å². The summed E-state index contributed by atoms with van der Waals surface area (Å²) in [5.41, 5.74) is 3.03. The Labute approximate surface area is 143 Å². The van der Waals surface area contributed by atoms with Crippen LogP contribution in [0.25, 0.3) is 22.4 Å². The Morgan fingerprint density at radius 3 is 2.80 bits per heavy atom. The van der Waals surface area contributed by atoms with E-state index in [9.17, 15) is 4.39 Å². The summed E-state index contributed by atoms with van der Waals surface area (Å²) in [5.74, 6) is 1.66. The zero-order chi connectivity index (χ0) is 17.2. The third kappa shape index (κ3) is 3.01. The van der Waals surface area contributed by atoms with E-state index < -0.39 is 0 Å². The molecule has 5 nitrogen and oxygen atoms in total. The largest absolute Gasteiger partial charge is 0.497 e. The molecule has 0 unspecified atom stereocenters. The molecule has 0 aliphatic heterocycles. The minimum atomic E-state index is -0.300. The normalized spacial score (nSPS) is 10.8. The van der Waals surface area contributed by atoms with E-state index in [1.54, 1.807) is 19.4 Å². The second kappa shape index (κ2) is 6.24. The molecule has 0 radical (unpaired) electrons. The van der Waals surface area contributed by atoms with Gasteiger partial charge >= 0.3 is 0 Å². The Morgan fingerprint density at radius 2 is 1.96 bits per heavy atom. The zero-order valence-electron chi connectivity index (χ0n) is 13.5. The predicted molar refractivity (Wildman–Crippen MR) is 95.6 cm³/mol. The summed E-state index contributed by atoms with van der Waals surface area (Å²) in [5, 5.41) is 3.25. The van der Waals surface area contributed by atoms with Crippen molar-refractivity contribution >= 4 is 22.5 Å². The molecule has 0 aliphatic rings. The highest BCUT2D eigenvalue weighted by Crippen LogP contribution is 2.27. The third-order valence-corrected chi connectivity index (χ3v) is 3.83. The number of hydrogen-bond acceptors (Lipinski definition) is 4. The van der Waals surface area contributed by atoms with Crippen LogP contribution in [0.4, 0.5) is 15.9 Å². The Balaban J connectivity index is 1.75. The van der Waals surface area contributed by atoms with Gasteiger partial charge in [0.1, 0.15) is 22.9 Å². The van der Waals surface area contributed by atoms with Crippen LogP contribution in [0.1, 0.15) is 0 Å². The van der Waals surface area contributed by atoms with Gasteiger partial charge in [-0.3, -0.25) is 0 Å². The number of methoxy groups -OCH3 is 1. The minimum Gasteiger partial charge on any atom is -0.497 e. The van der Waals surface area contributed by atoms with Gasteiger partial charge in [-0.2, -0.15) is 0 Å². The maximum absolute atomic E-state index is 13.5. The van der Waals surface area contributed by atoms with E-state index in [-0.39, 0.29) is 5.82 Å². The summed E-state index contributed by atoms with van der Waals surface area (Å²) < 4.78 is 18.7.